The number of carbonyl (C=O) groups is 1. The van der Waals surface area contributed by atoms with Crippen molar-refractivity contribution in [3.8, 4) is 0 Å². The Morgan fingerprint density at radius 3 is 2.15 bits per heavy atom. The molecule has 4 aliphatic carbocycles. The lowest BCUT2D eigenvalue weighted by molar-refractivity contribution is -0.147. The highest BCUT2D eigenvalue weighted by Crippen LogP contribution is 2.60. The number of nitrogens with one attached hydrogen (secondary N) is 1. The molecule has 0 aromatic heterocycles. The van der Waals surface area contributed by atoms with Gasteiger partial charge in [0.2, 0.25) is 5.91 Å². The van der Waals surface area contributed by atoms with E-state index in [0.29, 0.717) is 5.91 Å². The molecule has 2 saturated heterocycles. The van der Waals surface area contributed by atoms with Gasteiger partial charge in [0.25, 0.3) is 0 Å². The number of hydrogen-bond acceptors (Lipinski definition) is 4. The summed E-state index contributed by atoms with van der Waals surface area (Å²) in [7, 11) is 0. The highest BCUT2D eigenvalue weighted by Gasteiger charge is 2.55. The van der Waals surface area contributed by atoms with Gasteiger partial charge >= 0.3 is 0 Å². The summed E-state index contributed by atoms with van der Waals surface area (Å²) < 4.78 is 5.68. The number of carbonyl (C=O) groups excluding carboxylic acids is 1. The first-order chi connectivity index (χ1) is 12.7. The Kier molecular flexibility index (Phi) is 4.77. The van der Waals surface area contributed by atoms with E-state index in [-0.39, 0.29) is 11.0 Å². The molecule has 6 rings (SSSR count). The smallest absolute Gasteiger partial charge is 0.226 e. The number of ether oxygens (including phenoxy) is 1. The fourth-order valence-electron chi connectivity index (χ4n) is 7.21. The number of rotatable bonds is 4. The second-order valence-electron chi connectivity index (χ2n) is 9.82. The van der Waals surface area contributed by atoms with Crippen molar-refractivity contribution in [1.29, 1.82) is 0 Å². The van der Waals surface area contributed by atoms with Crippen LogP contribution in [0.5, 0.6) is 0 Å². The highest BCUT2D eigenvalue weighted by atomic mass is 32.2. The minimum Gasteiger partial charge on any atom is -0.381 e. The lowest BCUT2D eigenvalue weighted by Gasteiger charge is -2.56. The molecule has 0 aromatic carbocycles. The molecule has 1 N–H and O–H groups in total. The van der Waals surface area contributed by atoms with Crippen molar-refractivity contribution in [2.45, 2.75) is 56.9 Å². The largest absolute Gasteiger partial charge is 0.381 e. The lowest BCUT2D eigenvalue weighted by Crippen LogP contribution is -2.62. The van der Waals surface area contributed by atoms with Crippen LogP contribution in [0.4, 0.5) is 0 Å². The quantitative estimate of drug-likeness (QED) is 0.817. The van der Waals surface area contributed by atoms with Crippen LogP contribution in [0.15, 0.2) is 0 Å². The fraction of sp³-hybridized carbons (Fsp3) is 0.952. The SMILES string of the molecule is O=C(NCC1(N2CCSCC2)CCOCC1)C12CC3CC(CC(C3)C1)C2. The molecular weight excluding hydrogens is 344 g/mol. The minimum absolute atomic E-state index is 0.0150. The molecule has 5 heteroatoms. The average Bonchev–Trinajstić information content (AvgIpc) is 2.66. The number of hydrogen-bond donors (Lipinski definition) is 1. The molecule has 1 amide bonds. The van der Waals surface area contributed by atoms with Crippen molar-refractivity contribution in [2.75, 3.05) is 44.4 Å². The average molecular weight is 379 g/mol. The molecule has 146 valence electrons. The zero-order valence-corrected chi connectivity index (χ0v) is 16.8. The molecule has 0 atom stereocenters. The molecule has 26 heavy (non-hydrogen) atoms. The first-order valence-corrected chi connectivity index (χ1v) is 12.0. The Morgan fingerprint density at radius 2 is 1.58 bits per heavy atom. The van der Waals surface area contributed by atoms with E-state index < -0.39 is 0 Å². The minimum atomic E-state index is -0.0150. The van der Waals surface area contributed by atoms with E-state index in [0.717, 1.165) is 63.4 Å². The summed E-state index contributed by atoms with van der Waals surface area (Å²) in [5.41, 5.74) is 0.121. The molecule has 0 unspecified atom stereocenters. The Hall–Kier alpha value is -0.260. The van der Waals surface area contributed by atoms with Crippen LogP contribution in [0, 0.1) is 23.2 Å². The van der Waals surface area contributed by atoms with Gasteiger partial charge in [0.05, 0.1) is 0 Å². The molecule has 4 saturated carbocycles. The van der Waals surface area contributed by atoms with Crippen molar-refractivity contribution < 1.29 is 9.53 Å². The zero-order chi connectivity index (χ0) is 17.6. The van der Waals surface area contributed by atoms with Crippen molar-refractivity contribution in [2.24, 2.45) is 23.2 Å². The van der Waals surface area contributed by atoms with Gasteiger partial charge in [-0.1, -0.05) is 0 Å². The Morgan fingerprint density at radius 1 is 1.00 bits per heavy atom. The van der Waals surface area contributed by atoms with Gasteiger partial charge in [-0.25, -0.2) is 0 Å². The maximum Gasteiger partial charge on any atom is 0.226 e. The molecule has 6 aliphatic rings. The van der Waals surface area contributed by atoms with Crippen LogP contribution in [0.3, 0.4) is 0 Å². The maximum absolute atomic E-state index is 13.4. The summed E-state index contributed by atoms with van der Waals surface area (Å²) in [5, 5.41) is 3.50. The number of thioether (sulfide) groups is 1. The van der Waals surface area contributed by atoms with E-state index in [4.69, 9.17) is 4.74 Å². The molecule has 0 radical (unpaired) electrons. The number of nitrogens with zero attached hydrogens (tertiary/aromatic N) is 1. The van der Waals surface area contributed by atoms with Crippen molar-refractivity contribution in [3.63, 3.8) is 0 Å². The van der Waals surface area contributed by atoms with Crippen LogP contribution >= 0.6 is 11.8 Å². The van der Waals surface area contributed by atoms with Gasteiger partial charge in [0.15, 0.2) is 0 Å². The van der Waals surface area contributed by atoms with Crippen molar-refractivity contribution in [1.82, 2.24) is 10.2 Å². The Labute approximate surface area is 162 Å². The lowest BCUT2D eigenvalue weighted by atomic mass is 9.49. The van der Waals surface area contributed by atoms with E-state index in [2.05, 4.69) is 22.0 Å². The third-order valence-electron chi connectivity index (χ3n) is 8.20. The third kappa shape index (κ3) is 3.12. The zero-order valence-electron chi connectivity index (χ0n) is 16.0. The molecule has 0 aromatic rings. The van der Waals surface area contributed by atoms with Gasteiger partial charge < -0.3 is 10.1 Å². The summed E-state index contributed by atoms with van der Waals surface area (Å²) in [4.78, 5) is 16.1. The van der Waals surface area contributed by atoms with Crippen LogP contribution in [0.25, 0.3) is 0 Å². The molecule has 2 heterocycles. The van der Waals surface area contributed by atoms with Crippen molar-refractivity contribution in [3.05, 3.63) is 0 Å². The summed E-state index contributed by atoms with van der Waals surface area (Å²) in [6, 6.07) is 0. The third-order valence-corrected chi connectivity index (χ3v) is 9.15. The maximum atomic E-state index is 13.4. The fourth-order valence-corrected chi connectivity index (χ4v) is 8.12. The Bertz CT molecular complexity index is 505. The topological polar surface area (TPSA) is 41.6 Å². The van der Waals surface area contributed by atoms with E-state index in [1.165, 1.54) is 50.0 Å². The normalized spacial score (nSPS) is 41.9. The molecule has 2 aliphatic heterocycles. The predicted octanol–water partition coefficient (Wildman–Crippen LogP) is 2.92. The van der Waals surface area contributed by atoms with Gasteiger partial charge in [-0.2, -0.15) is 11.8 Å². The monoisotopic (exact) mass is 378 g/mol. The van der Waals surface area contributed by atoms with Gasteiger partial charge in [-0.3, -0.25) is 9.69 Å². The van der Waals surface area contributed by atoms with Crippen LogP contribution in [-0.4, -0.2) is 60.7 Å². The van der Waals surface area contributed by atoms with Crippen LogP contribution in [0.2, 0.25) is 0 Å². The number of amides is 1. The molecule has 4 nitrogen and oxygen atoms in total. The van der Waals surface area contributed by atoms with Crippen LogP contribution in [0.1, 0.15) is 51.4 Å². The summed E-state index contributed by atoms with van der Waals surface area (Å²) in [5.74, 6) is 5.36. The van der Waals surface area contributed by atoms with Crippen molar-refractivity contribution >= 4 is 17.7 Å². The van der Waals surface area contributed by atoms with Gasteiger partial charge in [0, 0.05) is 55.3 Å². The molecule has 0 spiro atoms. The van der Waals surface area contributed by atoms with E-state index in [9.17, 15) is 4.79 Å². The molecule has 4 bridgehead atoms. The standard InChI is InChI=1S/C21H34N2O2S/c24-19(20-12-16-9-17(13-20)11-18(10-16)14-20)22-15-21(1-5-25-6-2-21)23-3-7-26-8-4-23/h16-18H,1-15H2,(H,22,24). The van der Waals surface area contributed by atoms with E-state index in [1.54, 1.807) is 0 Å². The summed E-state index contributed by atoms with van der Waals surface area (Å²) in [6.45, 7) is 4.85. The molecular formula is C21H34N2O2S. The van der Waals surface area contributed by atoms with Crippen LogP contribution in [-0.2, 0) is 9.53 Å². The Balaban J connectivity index is 1.28. The highest BCUT2D eigenvalue weighted by molar-refractivity contribution is 7.99. The van der Waals surface area contributed by atoms with E-state index in [1.807, 2.05) is 0 Å². The second kappa shape index (κ2) is 6.97. The first-order valence-electron chi connectivity index (χ1n) is 10.9. The van der Waals surface area contributed by atoms with Gasteiger partial charge in [-0.15, -0.1) is 0 Å². The second-order valence-corrected chi connectivity index (χ2v) is 11.0. The summed E-state index contributed by atoms with van der Waals surface area (Å²) in [6.07, 6.45) is 9.85. The first kappa shape index (κ1) is 17.8. The summed E-state index contributed by atoms with van der Waals surface area (Å²) >= 11 is 2.06. The van der Waals surface area contributed by atoms with Gasteiger partial charge in [-0.05, 0) is 69.1 Å². The van der Waals surface area contributed by atoms with Gasteiger partial charge in [0.1, 0.15) is 0 Å². The van der Waals surface area contributed by atoms with Crippen LogP contribution < -0.4 is 5.32 Å². The predicted molar refractivity (Wildman–Crippen MR) is 105 cm³/mol. The van der Waals surface area contributed by atoms with E-state index >= 15 is 0 Å². The molecule has 6 fully saturated rings.